The van der Waals surface area contributed by atoms with Crippen molar-refractivity contribution in [1.29, 1.82) is 0 Å². The molecular formula is C12H21N3O2. The van der Waals surface area contributed by atoms with Crippen molar-refractivity contribution in [2.24, 2.45) is 0 Å². The van der Waals surface area contributed by atoms with Crippen molar-refractivity contribution in [2.75, 3.05) is 13.1 Å². The van der Waals surface area contributed by atoms with Crippen LogP contribution in [0.1, 0.15) is 38.5 Å². The van der Waals surface area contributed by atoms with Gasteiger partial charge in [-0.1, -0.05) is 6.42 Å². The molecule has 5 nitrogen and oxygen atoms in total. The van der Waals surface area contributed by atoms with Crippen LogP contribution in [-0.2, 0) is 9.59 Å². The second kappa shape index (κ2) is 6.00. The summed E-state index contributed by atoms with van der Waals surface area (Å²) in [4.78, 5) is 22.8. The maximum atomic E-state index is 11.8. The number of hydrogen-bond acceptors (Lipinski definition) is 3. The molecule has 0 radical (unpaired) electrons. The zero-order valence-corrected chi connectivity index (χ0v) is 10.1. The van der Waals surface area contributed by atoms with Gasteiger partial charge in [-0.25, -0.2) is 0 Å². The number of nitrogens with one attached hydrogen (secondary N) is 3. The monoisotopic (exact) mass is 239 g/mol. The third-order valence-electron chi connectivity index (χ3n) is 3.47. The summed E-state index contributed by atoms with van der Waals surface area (Å²) in [7, 11) is 0. The lowest BCUT2D eigenvalue weighted by atomic mass is 10.0. The van der Waals surface area contributed by atoms with Crippen molar-refractivity contribution in [3.05, 3.63) is 0 Å². The number of carbonyl (C=O) groups is 2. The predicted molar refractivity (Wildman–Crippen MR) is 64.4 cm³/mol. The summed E-state index contributed by atoms with van der Waals surface area (Å²) in [6.45, 7) is 1.60. The van der Waals surface area contributed by atoms with E-state index >= 15 is 0 Å². The highest BCUT2D eigenvalue weighted by Crippen LogP contribution is 2.10. The Kier molecular flexibility index (Phi) is 4.36. The van der Waals surface area contributed by atoms with Crippen LogP contribution in [0.4, 0.5) is 0 Å². The molecule has 2 fully saturated rings. The molecule has 2 rings (SSSR count). The van der Waals surface area contributed by atoms with Gasteiger partial charge in [0.2, 0.25) is 11.8 Å². The van der Waals surface area contributed by atoms with E-state index in [1.54, 1.807) is 0 Å². The van der Waals surface area contributed by atoms with Crippen LogP contribution in [0.15, 0.2) is 0 Å². The summed E-state index contributed by atoms with van der Waals surface area (Å²) in [5.41, 5.74) is 0. The van der Waals surface area contributed by atoms with Crippen molar-refractivity contribution in [2.45, 2.75) is 50.6 Å². The smallest absolute Gasteiger partial charge is 0.221 e. The van der Waals surface area contributed by atoms with Crippen LogP contribution in [0.5, 0.6) is 0 Å². The topological polar surface area (TPSA) is 70.2 Å². The molecule has 5 heteroatoms. The number of amides is 2. The van der Waals surface area contributed by atoms with Gasteiger partial charge >= 0.3 is 0 Å². The molecule has 96 valence electrons. The van der Waals surface area contributed by atoms with E-state index in [1.165, 1.54) is 12.8 Å². The molecule has 2 aliphatic rings. The van der Waals surface area contributed by atoms with E-state index in [0.717, 1.165) is 19.4 Å². The number of rotatable bonds is 3. The molecule has 2 saturated heterocycles. The first-order valence-electron chi connectivity index (χ1n) is 6.53. The van der Waals surface area contributed by atoms with Gasteiger partial charge in [0.1, 0.15) is 0 Å². The van der Waals surface area contributed by atoms with E-state index < -0.39 is 0 Å². The van der Waals surface area contributed by atoms with E-state index in [1.807, 2.05) is 0 Å². The van der Waals surface area contributed by atoms with Crippen LogP contribution >= 0.6 is 0 Å². The molecule has 2 amide bonds. The van der Waals surface area contributed by atoms with Crippen molar-refractivity contribution in [1.82, 2.24) is 16.0 Å². The maximum Gasteiger partial charge on any atom is 0.221 e. The largest absolute Gasteiger partial charge is 0.354 e. The molecule has 0 aromatic rings. The first-order valence-corrected chi connectivity index (χ1v) is 6.53. The fourth-order valence-corrected chi connectivity index (χ4v) is 2.46. The van der Waals surface area contributed by atoms with Crippen molar-refractivity contribution in [3.63, 3.8) is 0 Å². The lowest BCUT2D eigenvalue weighted by molar-refractivity contribution is -0.126. The average molecular weight is 239 g/mol. The highest BCUT2D eigenvalue weighted by molar-refractivity contribution is 5.79. The van der Waals surface area contributed by atoms with E-state index in [0.29, 0.717) is 25.4 Å². The third kappa shape index (κ3) is 4.00. The third-order valence-corrected chi connectivity index (χ3v) is 3.47. The van der Waals surface area contributed by atoms with E-state index in [9.17, 15) is 9.59 Å². The maximum absolute atomic E-state index is 11.8. The Hall–Kier alpha value is -1.10. The Morgan fingerprint density at radius 1 is 1.35 bits per heavy atom. The number of carbonyl (C=O) groups excluding carboxylic acids is 2. The van der Waals surface area contributed by atoms with E-state index in [-0.39, 0.29) is 17.9 Å². The summed E-state index contributed by atoms with van der Waals surface area (Å²) in [6, 6.07) is 0.450. The van der Waals surface area contributed by atoms with Crippen LogP contribution in [0.2, 0.25) is 0 Å². The van der Waals surface area contributed by atoms with Crippen molar-refractivity contribution < 1.29 is 9.59 Å². The molecule has 2 unspecified atom stereocenters. The zero-order chi connectivity index (χ0) is 12.1. The Morgan fingerprint density at radius 2 is 2.24 bits per heavy atom. The van der Waals surface area contributed by atoms with Gasteiger partial charge in [-0.15, -0.1) is 0 Å². The number of piperidine rings is 2. The normalized spacial score (nSPS) is 29.5. The number of hydrogen-bond donors (Lipinski definition) is 3. The highest BCUT2D eigenvalue weighted by atomic mass is 16.2. The molecule has 0 spiro atoms. The lowest BCUT2D eigenvalue weighted by Crippen LogP contribution is -2.49. The van der Waals surface area contributed by atoms with Crippen molar-refractivity contribution in [3.8, 4) is 0 Å². The van der Waals surface area contributed by atoms with Gasteiger partial charge in [0, 0.05) is 31.5 Å². The SMILES string of the molecule is O=C1CCC(NC(=O)CC2CCCCN2)CN1. The van der Waals surface area contributed by atoms with Crippen LogP contribution in [0.3, 0.4) is 0 Å². The molecule has 17 heavy (non-hydrogen) atoms. The minimum absolute atomic E-state index is 0.0875. The molecular weight excluding hydrogens is 218 g/mol. The van der Waals surface area contributed by atoms with Gasteiger partial charge in [0.25, 0.3) is 0 Å². The van der Waals surface area contributed by atoms with Crippen LogP contribution < -0.4 is 16.0 Å². The Bertz CT molecular complexity index is 277. The summed E-state index contributed by atoms with van der Waals surface area (Å²) >= 11 is 0. The minimum atomic E-state index is 0.0875. The van der Waals surface area contributed by atoms with Gasteiger partial charge in [0.05, 0.1) is 0 Å². The van der Waals surface area contributed by atoms with Gasteiger partial charge in [0.15, 0.2) is 0 Å². The Morgan fingerprint density at radius 3 is 2.88 bits per heavy atom. The summed E-state index contributed by atoms with van der Waals surface area (Å²) in [5.74, 6) is 0.190. The standard InChI is InChI=1S/C12H21N3O2/c16-11-5-4-10(8-14-11)15-12(17)7-9-3-1-2-6-13-9/h9-10,13H,1-8H2,(H,14,16)(H,15,17). The first-order chi connectivity index (χ1) is 8.24. The molecule has 0 aromatic carbocycles. The van der Waals surface area contributed by atoms with Gasteiger partial charge in [-0.2, -0.15) is 0 Å². The molecule has 3 N–H and O–H groups in total. The fourth-order valence-electron chi connectivity index (χ4n) is 2.46. The molecule has 0 aliphatic carbocycles. The zero-order valence-electron chi connectivity index (χ0n) is 10.1. The minimum Gasteiger partial charge on any atom is -0.354 e. The Balaban J connectivity index is 1.67. The second-order valence-corrected chi connectivity index (χ2v) is 4.96. The lowest BCUT2D eigenvalue weighted by Gasteiger charge is -2.26. The quantitative estimate of drug-likeness (QED) is 0.645. The molecule has 2 heterocycles. The summed E-state index contributed by atoms with van der Waals surface area (Å²) in [5, 5.41) is 9.13. The van der Waals surface area contributed by atoms with E-state index in [4.69, 9.17) is 0 Å². The summed E-state index contributed by atoms with van der Waals surface area (Å²) in [6.07, 6.45) is 5.36. The predicted octanol–water partition coefficient (Wildman–Crippen LogP) is -0.0866. The van der Waals surface area contributed by atoms with Crippen LogP contribution in [-0.4, -0.2) is 37.0 Å². The van der Waals surface area contributed by atoms with Gasteiger partial charge in [-0.3, -0.25) is 9.59 Å². The first kappa shape index (κ1) is 12.4. The molecule has 2 aliphatic heterocycles. The van der Waals surface area contributed by atoms with Gasteiger partial charge < -0.3 is 16.0 Å². The van der Waals surface area contributed by atoms with E-state index in [2.05, 4.69) is 16.0 Å². The van der Waals surface area contributed by atoms with Crippen LogP contribution in [0, 0.1) is 0 Å². The van der Waals surface area contributed by atoms with Crippen molar-refractivity contribution >= 4 is 11.8 Å². The highest BCUT2D eigenvalue weighted by Gasteiger charge is 2.21. The Labute approximate surface area is 102 Å². The average Bonchev–Trinajstić information content (AvgIpc) is 2.33. The molecule has 0 saturated carbocycles. The molecule has 0 aromatic heterocycles. The summed E-state index contributed by atoms with van der Waals surface area (Å²) < 4.78 is 0. The van der Waals surface area contributed by atoms with Gasteiger partial charge in [-0.05, 0) is 25.8 Å². The molecule has 2 atom stereocenters. The molecule has 0 bridgehead atoms. The fraction of sp³-hybridized carbons (Fsp3) is 0.833. The second-order valence-electron chi connectivity index (χ2n) is 4.96. The van der Waals surface area contributed by atoms with Crippen LogP contribution in [0.25, 0.3) is 0 Å².